The molecule has 0 rings (SSSR count). The standard InChI is InChI=1S/C17H33NO3/c1-7-10-11-12-16(19)18(13(4)8-2)15(6)17(20)21-14(5)9-3/h13-15H,7-12H2,1-6H3. The van der Waals surface area contributed by atoms with Crippen molar-refractivity contribution in [1.29, 1.82) is 0 Å². The number of esters is 1. The fraction of sp³-hybridized carbons (Fsp3) is 0.882. The molecule has 0 aliphatic rings. The highest BCUT2D eigenvalue weighted by molar-refractivity contribution is 5.84. The van der Waals surface area contributed by atoms with Gasteiger partial charge in [0, 0.05) is 12.5 Å². The van der Waals surface area contributed by atoms with Crippen LogP contribution in [-0.4, -0.2) is 35.0 Å². The molecule has 1 amide bonds. The van der Waals surface area contributed by atoms with Crippen LogP contribution in [0.5, 0.6) is 0 Å². The summed E-state index contributed by atoms with van der Waals surface area (Å²) >= 11 is 0. The van der Waals surface area contributed by atoms with Crippen molar-refractivity contribution in [2.45, 2.75) is 98.3 Å². The topological polar surface area (TPSA) is 46.6 Å². The second-order valence-corrected chi connectivity index (χ2v) is 5.85. The molecule has 0 spiro atoms. The van der Waals surface area contributed by atoms with Gasteiger partial charge in [0.05, 0.1) is 6.10 Å². The van der Waals surface area contributed by atoms with Crippen molar-refractivity contribution in [2.75, 3.05) is 0 Å². The van der Waals surface area contributed by atoms with Crippen molar-refractivity contribution in [3.63, 3.8) is 0 Å². The molecule has 0 bridgehead atoms. The minimum atomic E-state index is -0.511. The molecule has 4 nitrogen and oxygen atoms in total. The number of hydrogen-bond donors (Lipinski definition) is 0. The normalized spacial score (nSPS) is 15.1. The van der Waals surface area contributed by atoms with Gasteiger partial charge in [-0.25, -0.2) is 4.79 Å². The number of rotatable bonds is 10. The highest BCUT2D eigenvalue weighted by Crippen LogP contribution is 2.15. The molecule has 124 valence electrons. The molecule has 0 aromatic heterocycles. The van der Waals surface area contributed by atoms with Gasteiger partial charge in [-0.2, -0.15) is 0 Å². The molecule has 0 aliphatic heterocycles. The zero-order valence-electron chi connectivity index (χ0n) is 14.6. The monoisotopic (exact) mass is 299 g/mol. The lowest BCUT2D eigenvalue weighted by Crippen LogP contribution is -2.49. The predicted molar refractivity (Wildman–Crippen MR) is 86.0 cm³/mol. The van der Waals surface area contributed by atoms with Crippen molar-refractivity contribution in [3.8, 4) is 0 Å². The van der Waals surface area contributed by atoms with Crippen molar-refractivity contribution in [1.82, 2.24) is 4.90 Å². The molecule has 0 fully saturated rings. The van der Waals surface area contributed by atoms with Crippen LogP contribution in [0.3, 0.4) is 0 Å². The number of nitrogens with zero attached hydrogens (tertiary/aromatic N) is 1. The first-order chi connectivity index (χ1) is 9.88. The van der Waals surface area contributed by atoms with Crippen LogP contribution in [0.4, 0.5) is 0 Å². The summed E-state index contributed by atoms with van der Waals surface area (Å²) < 4.78 is 5.38. The second kappa shape index (κ2) is 10.6. The van der Waals surface area contributed by atoms with Gasteiger partial charge in [-0.15, -0.1) is 0 Å². The van der Waals surface area contributed by atoms with E-state index in [1.165, 1.54) is 0 Å². The lowest BCUT2D eigenvalue weighted by molar-refractivity contribution is -0.160. The fourth-order valence-corrected chi connectivity index (χ4v) is 2.19. The van der Waals surface area contributed by atoms with Gasteiger partial charge in [0.2, 0.25) is 5.91 Å². The summed E-state index contributed by atoms with van der Waals surface area (Å²) in [6, 6.07) is -0.457. The first-order valence-electron chi connectivity index (χ1n) is 8.40. The number of hydrogen-bond acceptors (Lipinski definition) is 3. The van der Waals surface area contributed by atoms with Crippen LogP contribution in [0, 0.1) is 0 Å². The van der Waals surface area contributed by atoms with Crippen LogP contribution in [0.25, 0.3) is 0 Å². The highest BCUT2D eigenvalue weighted by atomic mass is 16.5. The summed E-state index contributed by atoms with van der Waals surface area (Å²) in [4.78, 5) is 26.3. The Morgan fingerprint density at radius 1 is 1.00 bits per heavy atom. The quantitative estimate of drug-likeness (QED) is 0.453. The minimum Gasteiger partial charge on any atom is -0.461 e. The maximum absolute atomic E-state index is 12.4. The first-order valence-corrected chi connectivity index (χ1v) is 8.40. The molecule has 0 aromatic rings. The third kappa shape index (κ3) is 6.96. The molecule has 0 N–H and O–H groups in total. The molecule has 3 atom stereocenters. The summed E-state index contributed by atoms with van der Waals surface area (Å²) in [5, 5.41) is 0. The SMILES string of the molecule is CCCCCC(=O)N(C(C)CC)C(C)C(=O)OC(C)CC. The number of ether oxygens (including phenoxy) is 1. The zero-order chi connectivity index (χ0) is 16.4. The van der Waals surface area contributed by atoms with Crippen LogP contribution in [0.1, 0.15) is 80.1 Å². The van der Waals surface area contributed by atoms with Gasteiger partial charge in [-0.1, -0.05) is 33.6 Å². The van der Waals surface area contributed by atoms with Gasteiger partial charge in [-0.05, 0) is 40.0 Å². The lowest BCUT2D eigenvalue weighted by Gasteiger charge is -2.33. The average molecular weight is 299 g/mol. The number of amides is 1. The van der Waals surface area contributed by atoms with Crippen LogP contribution >= 0.6 is 0 Å². The molecule has 21 heavy (non-hydrogen) atoms. The molecule has 0 radical (unpaired) electrons. The van der Waals surface area contributed by atoms with Crippen LogP contribution in [0.2, 0.25) is 0 Å². The third-order valence-corrected chi connectivity index (χ3v) is 4.00. The number of unbranched alkanes of at least 4 members (excludes halogenated alkanes) is 2. The maximum atomic E-state index is 12.4. The maximum Gasteiger partial charge on any atom is 0.328 e. The van der Waals surface area contributed by atoms with Crippen molar-refractivity contribution >= 4 is 11.9 Å². The average Bonchev–Trinajstić information content (AvgIpc) is 2.46. The first kappa shape index (κ1) is 19.9. The Hall–Kier alpha value is -1.06. The van der Waals surface area contributed by atoms with Gasteiger partial charge in [0.15, 0.2) is 0 Å². The summed E-state index contributed by atoms with van der Waals surface area (Å²) in [7, 11) is 0. The van der Waals surface area contributed by atoms with E-state index in [1.807, 2.05) is 27.7 Å². The Morgan fingerprint density at radius 3 is 2.10 bits per heavy atom. The van der Waals surface area contributed by atoms with E-state index in [1.54, 1.807) is 11.8 Å². The largest absolute Gasteiger partial charge is 0.461 e. The van der Waals surface area contributed by atoms with Gasteiger partial charge in [-0.3, -0.25) is 4.79 Å². The Bertz CT molecular complexity index is 317. The summed E-state index contributed by atoms with van der Waals surface area (Å²) in [6.07, 6.45) is 5.05. The summed E-state index contributed by atoms with van der Waals surface area (Å²) in [5.41, 5.74) is 0. The van der Waals surface area contributed by atoms with E-state index in [0.29, 0.717) is 6.42 Å². The van der Waals surface area contributed by atoms with Gasteiger partial charge in [0.25, 0.3) is 0 Å². The molecule has 0 aliphatic carbocycles. The summed E-state index contributed by atoms with van der Waals surface area (Å²) in [6.45, 7) is 11.8. The predicted octanol–water partition coefficient (Wildman–Crippen LogP) is 3.92. The van der Waals surface area contributed by atoms with E-state index in [-0.39, 0.29) is 24.0 Å². The fourth-order valence-electron chi connectivity index (χ4n) is 2.19. The van der Waals surface area contributed by atoms with Crippen LogP contribution < -0.4 is 0 Å². The molecule has 0 heterocycles. The van der Waals surface area contributed by atoms with Gasteiger partial charge >= 0.3 is 5.97 Å². The Labute approximate surface area is 130 Å². The molecule has 0 saturated carbocycles. The van der Waals surface area contributed by atoms with Gasteiger partial charge < -0.3 is 9.64 Å². The molecular weight excluding hydrogens is 266 g/mol. The second-order valence-electron chi connectivity index (χ2n) is 5.85. The Balaban J connectivity index is 4.80. The highest BCUT2D eigenvalue weighted by Gasteiger charge is 2.30. The third-order valence-electron chi connectivity index (χ3n) is 4.00. The van der Waals surface area contributed by atoms with E-state index in [0.717, 1.165) is 32.1 Å². The van der Waals surface area contributed by atoms with Crippen LogP contribution in [0.15, 0.2) is 0 Å². The van der Waals surface area contributed by atoms with Gasteiger partial charge in [0.1, 0.15) is 6.04 Å². The minimum absolute atomic E-state index is 0.0543. The van der Waals surface area contributed by atoms with E-state index in [2.05, 4.69) is 6.92 Å². The summed E-state index contributed by atoms with van der Waals surface area (Å²) in [5.74, 6) is -0.236. The zero-order valence-corrected chi connectivity index (χ0v) is 14.6. The van der Waals surface area contributed by atoms with Crippen LogP contribution in [-0.2, 0) is 14.3 Å². The van der Waals surface area contributed by atoms with E-state index in [4.69, 9.17) is 4.74 Å². The Kier molecular flexibility index (Phi) is 10.1. The van der Waals surface area contributed by atoms with E-state index >= 15 is 0 Å². The van der Waals surface area contributed by atoms with Crippen molar-refractivity contribution in [2.24, 2.45) is 0 Å². The smallest absolute Gasteiger partial charge is 0.328 e. The van der Waals surface area contributed by atoms with E-state index < -0.39 is 6.04 Å². The molecule has 0 aromatic carbocycles. The van der Waals surface area contributed by atoms with E-state index in [9.17, 15) is 9.59 Å². The molecule has 3 unspecified atom stereocenters. The molecular formula is C17H33NO3. The molecule has 0 saturated heterocycles. The number of carbonyl (C=O) groups excluding carboxylic acids is 2. The lowest BCUT2D eigenvalue weighted by atomic mass is 10.1. The Morgan fingerprint density at radius 2 is 1.62 bits per heavy atom. The van der Waals surface area contributed by atoms with Crippen molar-refractivity contribution in [3.05, 3.63) is 0 Å². The molecule has 4 heteroatoms. The number of carbonyl (C=O) groups is 2. The van der Waals surface area contributed by atoms with Crippen molar-refractivity contribution < 1.29 is 14.3 Å².